The Hall–Kier alpha value is -1.33. The van der Waals surface area contributed by atoms with Crippen LogP contribution in [-0.4, -0.2) is 15.3 Å². The maximum absolute atomic E-state index is 12.5. The van der Waals surface area contributed by atoms with Gasteiger partial charge >= 0.3 is 0 Å². The molecule has 0 fully saturated rings. The third kappa shape index (κ3) is 2.60. The van der Waals surface area contributed by atoms with Crippen molar-refractivity contribution >= 4 is 33.3 Å². The maximum Gasteiger partial charge on any atom is 0.282 e. The monoisotopic (exact) mass is 318 g/mol. The van der Waals surface area contributed by atoms with Crippen molar-refractivity contribution in [3.63, 3.8) is 0 Å². The Bertz CT molecular complexity index is 758. The highest BCUT2D eigenvalue weighted by molar-refractivity contribution is 7.99. The first-order valence-electron chi connectivity index (χ1n) is 7.16. The van der Waals surface area contributed by atoms with Gasteiger partial charge in [0, 0.05) is 17.2 Å². The van der Waals surface area contributed by atoms with E-state index in [4.69, 9.17) is 0 Å². The van der Waals surface area contributed by atoms with Crippen molar-refractivity contribution < 1.29 is 0 Å². The lowest BCUT2D eigenvalue weighted by Crippen LogP contribution is -2.16. The molecule has 0 atom stereocenters. The Balaban J connectivity index is 2.26. The number of hydrogen-bond donors (Lipinski definition) is 0. The van der Waals surface area contributed by atoms with Crippen molar-refractivity contribution in [2.75, 3.05) is 5.75 Å². The average molecular weight is 318 g/mol. The topological polar surface area (TPSA) is 34.9 Å². The highest BCUT2D eigenvalue weighted by Crippen LogP contribution is 2.35. The molecular formula is C16H18N2OS2. The molecule has 0 spiro atoms. The zero-order valence-corrected chi connectivity index (χ0v) is 13.6. The number of rotatable bonds is 5. The molecule has 0 saturated carbocycles. The highest BCUT2D eigenvalue weighted by Gasteiger charge is 2.21. The number of thioether (sulfide) groups is 1. The van der Waals surface area contributed by atoms with Gasteiger partial charge in [0.25, 0.3) is 5.56 Å². The Labute approximate surface area is 132 Å². The third-order valence-corrected chi connectivity index (χ3v) is 5.97. The Kier molecular flexibility index (Phi) is 4.31. The summed E-state index contributed by atoms with van der Waals surface area (Å²) < 4.78 is 2.13. The quantitative estimate of drug-likeness (QED) is 0.478. The third-order valence-electron chi connectivity index (χ3n) is 3.68. The Morgan fingerprint density at radius 2 is 2.10 bits per heavy atom. The number of aromatic nitrogens is 2. The fraction of sp³-hybridized carbons (Fsp3) is 0.375. The molecule has 2 heterocycles. The van der Waals surface area contributed by atoms with Gasteiger partial charge in [0.1, 0.15) is 4.83 Å². The summed E-state index contributed by atoms with van der Waals surface area (Å²) in [7, 11) is 0. The van der Waals surface area contributed by atoms with Crippen LogP contribution in [0.2, 0.25) is 0 Å². The number of hydrogen-bond acceptors (Lipinski definition) is 4. The van der Waals surface area contributed by atoms with Crippen molar-refractivity contribution in [2.45, 2.75) is 37.4 Å². The molecule has 0 saturated heterocycles. The zero-order valence-electron chi connectivity index (χ0n) is 11.9. The molecule has 0 bridgehead atoms. The van der Waals surface area contributed by atoms with E-state index in [-0.39, 0.29) is 5.56 Å². The van der Waals surface area contributed by atoms with Crippen LogP contribution >= 0.6 is 23.1 Å². The number of allylic oxidation sites excluding steroid dienone is 1. The van der Waals surface area contributed by atoms with Crippen LogP contribution in [0.15, 0.2) is 35.3 Å². The lowest BCUT2D eigenvalue weighted by Gasteiger charge is -2.11. The first-order valence-corrected chi connectivity index (χ1v) is 8.96. The summed E-state index contributed by atoms with van der Waals surface area (Å²) >= 11 is 3.32. The van der Waals surface area contributed by atoms with E-state index >= 15 is 0 Å². The normalized spacial score (nSPS) is 14.1. The molecule has 0 N–H and O–H groups in total. The van der Waals surface area contributed by atoms with Gasteiger partial charge in [0.15, 0.2) is 5.16 Å². The van der Waals surface area contributed by atoms with Crippen molar-refractivity contribution in [3.05, 3.63) is 46.1 Å². The van der Waals surface area contributed by atoms with E-state index in [1.165, 1.54) is 23.3 Å². The molecule has 0 unspecified atom stereocenters. The van der Waals surface area contributed by atoms with Gasteiger partial charge in [-0.1, -0.05) is 23.9 Å². The molecule has 1 aliphatic carbocycles. The first kappa shape index (κ1) is 14.6. The summed E-state index contributed by atoms with van der Waals surface area (Å²) in [6.07, 6.45) is 8.20. The largest absolute Gasteiger partial charge is 0.308 e. The van der Waals surface area contributed by atoms with Crippen LogP contribution in [0.4, 0.5) is 0 Å². The second-order valence-electron chi connectivity index (χ2n) is 5.09. The van der Waals surface area contributed by atoms with E-state index in [9.17, 15) is 4.79 Å². The number of nitrogens with zero attached hydrogens (tertiary/aromatic N) is 2. The van der Waals surface area contributed by atoms with Gasteiger partial charge in [0.2, 0.25) is 0 Å². The molecule has 110 valence electrons. The Morgan fingerprint density at radius 3 is 2.86 bits per heavy atom. The van der Waals surface area contributed by atoms with Crippen molar-refractivity contribution in [1.29, 1.82) is 0 Å². The summed E-state index contributed by atoms with van der Waals surface area (Å²) in [4.78, 5) is 19.2. The van der Waals surface area contributed by atoms with Gasteiger partial charge in [-0.3, -0.25) is 4.79 Å². The number of thiophene rings is 1. The van der Waals surface area contributed by atoms with Gasteiger partial charge < -0.3 is 4.57 Å². The molecule has 3 rings (SSSR count). The second kappa shape index (κ2) is 6.20. The molecule has 0 aliphatic heterocycles. The molecule has 1 aliphatic rings. The lowest BCUT2D eigenvalue weighted by molar-refractivity contribution is 0.696. The van der Waals surface area contributed by atoms with Gasteiger partial charge in [0.05, 0.1) is 5.39 Å². The van der Waals surface area contributed by atoms with Crippen LogP contribution in [0.25, 0.3) is 10.2 Å². The van der Waals surface area contributed by atoms with E-state index < -0.39 is 0 Å². The molecule has 2 aromatic rings. The number of aryl methyl sites for hydroxylation is 2. The molecule has 2 aromatic heterocycles. The van der Waals surface area contributed by atoms with Crippen LogP contribution in [0, 0.1) is 0 Å². The fourth-order valence-electron chi connectivity index (χ4n) is 2.79. The molecule has 0 aromatic carbocycles. The average Bonchev–Trinajstić information content (AvgIpc) is 2.88. The minimum Gasteiger partial charge on any atom is -0.308 e. The van der Waals surface area contributed by atoms with Crippen molar-refractivity contribution in [3.8, 4) is 0 Å². The van der Waals surface area contributed by atoms with E-state index in [2.05, 4.69) is 22.7 Å². The molecular weight excluding hydrogens is 300 g/mol. The number of fused-ring (bicyclic) bond motifs is 3. The SMILES string of the molecule is C=CCSc1nc(=O)c2c3c(sc2n1CC=C)CCCC3. The predicted octanol–water partition coefficient (Wildman–Crippen LogP) is 3.80. The van der Waals surface area contributed by atoms with Crippen LogP contribution in [0.5, 0.6) is 0 Å². The Morgan fingerprint density at radius 1 is 1.29 bits per heavy atom. The van der Waals surface area contributed by atoms with Gasteiger partial charge in [-0.25, -0.2) is 0 Å². The molecule has 0 amide bonds. The highest BCUT2D eigenvalue weighted by atomic mass is 32.2. The first-order chi connectivity index (χ1) is 10.3. The predicted molar refractivity (Wildman–Crippen MR) is 91.6 cm³/mol. The lowest BCUT2D eigenvalue weighted by atomic mass is 9.97. The summed E-state index contributed by atoms with van der Waals surface area (Å²) in [6, 6.07) is 0. The van der Waals surface area contributed by atoms with Gasteiger partial charge in [-0.2, -0.15) is 4.98 Å². The minimum absolute atomic E-state index is 0.0729. The standard InChI is InChI=1S/C16H18N2OS2/c1-3-9-18-15-13(11-7-5-6-8-12(11)21-15)14(19)17-16(18)20-10-4-2/h3-4H,1-2,5-10H2. The molecule has 5 heteroatoms. The fourth-order valence-corrected chi connectivity index (χ4v) is 4.97. The summed E-state index contributed by atoms with van der Waals surface area (Å²) in [5, 5.41) is 1.62. The minimum atomic E-state index is -0.0729. The molecule has 21 heavy (non-hydrogen) atoms. The molecule has 0 radical (unpaired) electrons. The van der Waals surface area contributed by atoms with Gasteiger partial charge in [-0.05, 0) is 31.2 Å². The summed E-state index contributed by atoms with van der Waals surface area (Å²) in [6.45, 7) is 8.26. The smallest absolute Gasteiger partial charge is 0.282 e. The van der Waals surface area contributed by atoms with Crippen molar-refractivity contribution in [1.82, 2.24) is 9.55 Å². The van der Waals surface area contributed by atoms with E-state index in [1.807, 2.05) is 12.2 Å². The van der Waals surface area contributed by atoms with Gasteiger partial charge in [-0.15, -0.1) is 24.5 Å². The van der Waals surface area contributed by atoms with E-state index in [1.54, 1.807) is 23.1 Å². The van der Waals surface area contributed by atoms with E-state index in [0.29, 0.717) is 6.54 Å². The molecule has 3 nitrogen and oxygen atoms in total. The van der Waals surface area contributed by atoms with Crippen molar-refractivity contribution in [2.24, 2.45) is 0 Å². The van der Waals surface area contributed by atoms with Crippen LogP contribution in [0.3, 0.4) is 0 Å². The van der Waals surface area contributed by atoms with E-state index in [0.717, 1.165) is 34.0 Å². The second-order valence-corrected chi connectivity index (χ2v) is 7.16. The zero-order chi connectivity index (χ0) is 14.8. The van der Waals surface area contributed by atoms with Crippen LogP contribution in [0.1, 0.15) is 23.3 Å². The summed E-state index contributed by atoms with van der Waals surface area (Å²) in [5.74, 6) is 0.750. The van der Waals surface area contributed by atoms with Crippen LogP contribution in [-0.2, 0) is 19.4 Å². The summed E-state index contributed by atoms with van der Waals surface area (Å²) in [5.41, 5.74) is 1.17. The maximum atomic E-state index is 12.5. The van der Waals surface area contributed by atoms with Crippen LogP contribution < -0.4 is 5.56 Å².